The minimum absolute atomic E-state index is 0.173. The van der Waals surface area contributed by atoms with Crippen molar-refractivity contribution in [2.75, 3.05) is 0 Å². The van der Waals surface area contributed by atoms with Crippen LogP contribution in [0.2, 0.25) is 0 Å². The fraction of sp³-hybridized carbons (Fsp3) is 0.217. The van der Waals surface area contributed by atoms with Gasteiger partial charge in [-0.1, -0.05) is 48.5 Å². The maximum absolute atomic E-state index is 6.49. The van der Waals surface area contributed by atoms with E-state index in [2.05, 4.69) is 59.9 Å². The molecule has 3 aromatic carbocycles. The van der Waals surface area contributed by atoms with Crippen molar-refractivity contribution in [2.45, 2.75) is 31.7 Å². The van der Waals surface area contributed by atoms with Crippen LogP contribution in [-0.2, 0) is 12.0 Å². The highest BCUT2D eigenvalue weighted by atomic mass is 16.3. The molecule has 4 aromatic rings. The van der Waals surface area contributed by atoms with Crippen molar-refractivity contribution in [2.24, 2.45) is 5.73 Å². The summed E-state index contributed by atoms with van der Waals surface area (Å²) in [6, 6.07) is 21.3. The largest absolute Gasteiger partial charge is 0.473 e. The Morgan fingerprint density at radius 3 is 2.36 bits per heavy atom. The Kier molecular flexibility index (Phi) is 4.06. The van der Waals surface area contributed by atoms with Gasteiger partial charge in [-0.05, 0) is 71.0 Å². The smallest absolute Gasteiger partial charge is 0.0902 e. The fourth-order valence-corrected chi connectivity index (χ4v) is 3.95. The van der Waals surface area contributed by atoms with Gasteiger partial charge in [-0.3, -0.25) is 0 Å². The van der Waals surface area contributed by atoms with Crippen LogP contribution in [0.1, 0.15) is 30.9 Å². The minimum Gasteiger partial charge on any atom is -0.473 e. The molecule has 1 heterocycles. The molecule has 25 heavy (non-hydrogen) atoms. The first-order valence-electron chi connectivity index (χ1n) is 8.87. The van der Waals surface area contributed by atoms with E-state index in [1.54, 1.807) is 12.5 Å². The average molecular weight is 329 g/mol. The van der Waals surface area contributed by atoms with Crippen molar-refractivity contribution in [3.63, 3.8) is 0 Å². The summed E-state index contributed by atoms with van der Waals surface area (Å²) in [4.78, 5) is 0. The number of rotatable bonds is 0. The van der Waals surface area contributed by atoms with Gasteiger partial charge in [-0.15, -0.1) is 0 Å². The van der Waals surface area contributed by atoms with E-state index in [0.717, 1.165) is 12.8 Å². The lowest BCUT2D eigenvalue weighted by molar-refractivity contribution is 0.410. The van der Waals surface area contributed by atoms with Crippen LogP contribution >= 0.6 is 0 Å². The first-order chi connectivity index (χ1) is 12.2. The van der Waals surface area contributed by atoms with Crippen LogP contribution in [-0.4, -0.2) is 0 Å². The highest BCUT2D eigenvalue weighted by molar-refractivity contribution is 6.08. The predicted molar refractivity (Wildman–Crippen MR) is 105 cm³/mol. The molecular formula is C23H23NO. The quantitative estimate of drug-likeness (QED) is 0.415. The predicted octanol–water partition coefficient (Wildman–Crippen LogP) is 5.78. The molecule has 1 atom stereocenters. The summed E-state index contributed by atoms with van der Waals surface area (Å²) < 4.78 is 4.58. The molecule has 5 rings (SSSR count). The first-order valence-corrected chi connectivity index (χ1v) is 8.87. The van der Waals surface area contributed by atoms with Gasteiger partial charge in [0.2, 0.25) is 0 Å². The number of nitrogens with two attached hydrogens (primary N) is 1. The van der Waals surface area contributed by atoms with Crippen molar-refractivity contribution in [1.29, 1.82) is 0 Å². The standard InChI is InChI=1S/C19H19N.C4H4O/c1-19(20)12-4-7-17-16-9-8-13-5-2-3-6-14(13)15(16)10-11-18(17)19;1-2-4-5-3-1/h2-3,5-6,8-11H,4,7,12,20H2,1H3;1-4H. The van der Waals surface area contributed by atoms with E-state index in [-0.39, 0.29) is 5.54 Å². The summed E-state index contributed by atoms with van der Waals surface area (Å²) in [7, 11) is 0. The van der Waals surface area contributed by atoms with E-state index in [0.29, 0.717) is 0 Å². The number of hydrogen-bond donors (Lipinski definition) is 1. The molecule has 0 saturated heterocycles. The minimum atomic E-state index is -0.173. The van der Waals surface area contributed by atoms with Crippen LogP contribution in [0.25, 0.3) is 21.5 Å². The Morgan fingerprint density at radius 1 is 0.840 bits per heavy atom. The van der Waals surface area contributed by atoms with E-state index >= 15 is 0 Å². The van der Waals surface area contributed by atoms with Crippen LogP contribution in [0.5, 0.6) is 0 Å². The Labute approximate surface area is 148 Å². The molecule has 0 amide bonds. The molecule has 0 bridgehead atoms. The summed E-state index contributed by atoms with van der Waals surface area (Å²) in [6.45, 7) is 2.16. The van der Waals surface area contributed by atoms with Crippen LogP contribution in [0.3, 0.4) is 0 Å². The molecule has 1 aliphatic carbocycles. The van der Waals surface area contributed by atoms with Gasteiger partial charge in [-0.25, -0.2) is 0 Å². The molecule has 0 saturated carbocycles. The van der Waals surface area contributed by atoms with Gasteiger partial charge in [0.25, 0.3) is 0 Å². The monoisotopic (exact) mass is 329 g/mol. The third kappa shape index (κ3) is 2.94. The van der Waals surface area contributed by atoms with Crippen molar-refractivity contribution < 1.29 is 4.42 Å². The summed E-state index contributed by atoms with van der Waals surface area (Å²) >= 11 is 0. The van der Waals surface area contributed by atoms with E-state index in [4.69, 9.17) is 5.73 Å². The van der Waals surface area contributed by atoms with Crippen LogP contribution in [0.4, 0.5) is 0 Å². The summed E-state index contributed by atoms with van der Waals surface area (Å²) in [5.41, 5.74) is 9.12. The molecular weight excluding hydrogens is 306 g/mol. The summed E-state index contributed by atoms with van der Waals surface area (Å²) in [5, 5.41) is 5.40. The van der Waals surface area contributed by atoms with Gasteiger partial charge in [0.15, 0.2) is 0 Å². The van der Waals surface area contributed by atoms with Crippen molar-refractivity contribution in [3.05, 3.63) is 84.3 Å². The van der Waals surface area contributed by atoms with Gasteiger partial charge in [0.05, 0.1) is 12.5 Å². The van der Waals surface area contributed by atoms with E-state index in [9.17, 15) is 0 Å². The normalized spacial score (nSPS) is 19.3. The van der Waals surface area contributed by atoms with Gasteiger partial charge in [-0.2, -0.15) is 0 Å². The summed E-state index contributed by atoms with van der Waals surface area (Å²) in [5.74, 6) is 0. The highest BCUT2D eigenvalue weighted by Gasteiger charge is 2.28. The zero-order chi connectivity index (χ0) is 17.3. The van der Waals surface area contributed by atoms with Crippen LogP contribution < -0.4 is 5.73 Å². The van der Waals surface area contributed by atoms with E-state index in [1.165, 1.54) is 39.1 Å². The third-order valence-electron chi connectivity index (χ3n) is 5.20. The molecule has 1 aliphatic rings. The first kappa shape index (κ1) is 15.9. The van der Waals surface area contributed by atoms with Crippen molar-refractivity contribution in [1.82, 2.24) is 0 Å². The number of hydrogen-bond acceptors (Lipinski definition) is 2. The molecule has 0 aliphatic heterocycles. The van der Waals surface area contributed by atoms with Crippen molar-refractivity contribution >= 4 is 21.5 Å². The lowest BCUT2D eigenvalue weighted by atomic mass is 9.76. The Morgan fingerprint density at radius 2 is 1.60 bits per heavy atom. The molecule has 0 radical (unpaired) electrons. The van der Waals surface area contributed by atoms with Gasteiger partial charge in [0, 0.05) is 5.54 Å². The second-order valence-electron chi connectivity index (χ2n) is 7.04. The number of fused-ring (bicyclic) bond motifs is 5. The van der Waals surface area contributed by atoms with Gasteiger partial charge in [0.1, 0.15) is 0 Å². The SMILES string of the molecule is CC1(N)CCCc2c1ccc1c2ccc2ccccc21.c1ccoc1. The van der Waals surface area contributed by atoms with Gasteiger partial charge < -0.3 is 10.2 Å². The third-order valence-corrected chi connectivity index (χ3v) is 5.20. The van der Waals surface area contributed by atoms with E-state index < -0.39 is 0 Å². The zero-order valence-corrected chi connectivity index (χ0v) is 14.5. The highest BCUT2D eigenvalue weighted by Crippen LogP contribution is 2.38. The van der Waals surface area contributed by atoms with Crippen LogP contribution in [0.15, 0.2) is 77.6 Å². The maximum atomic E-state index is 6.49. The molecule has 126 valence electrons. The topological polar surface area (TPSA) is 39.2 Å². The second kappa shape index (κ2) is 6.38. The number of furan rings is 1. The van der Waals surface area contributed by atoms with E-state index in [1.807, 2.05) is 12.1 Å². The molecule has 1 unspecified atom stereocenters. The summed E-state index contributed by atoms with van der Waals surface area (Å²) in [6.07, 6.45) is 6.67. The lowest BCUT2D eigenvalue weighted by Gasteiger charge is -2.33. The fourth-order valence-electron chi connectivity index (χ4n) is 3.95. The lowest BCUT2D eigenvalue weighted by Crippen LogP contribution is -2.36. The Balaban J connectivity index is 0.000000272. The second-order valence-corrected chi connectivity index (χ2v) is 7.04. The molecule has 1 aromatic heterocycles. The maximum Gasteiger partial charge on any atom is 0.0902 e. The van der Waals surface area contributed by atoms with Crippen molar-refractivity contribution in [3.8, 4) is 0 Å². The Hall–Kier alpha value is -2.58. The Bertz CT molecular complexity index is 982. The molecule has 0 spiro atoms. The molecule has 2 nitrogen and oxygen atoms in total. The van der Waals surface area contributed by atoms with Crippen LogP contribution in [0, 0.1) is 0 Å². The average Bonchev–Trinajstić information content (AvgIpc) is 3.21. The number of aryl methyl sites for hydroxylation is 1. The molecule has 2 heteroatoms. The number of benzene rings is 3. The molecule has 2 N–H and O–H groups in total. The zero-order valence-electron chi connectivity index (χ0n) is 14.5. The molecule has 0 fully saturated rings. The van der Waals surface area contributed by atoms with Gasteiger partial charge >= 0.3 is 0 Å².